The van der Waals surface area contributed by atoms with Gasteiger partial charge in [0.1, 0.15) is 5.75 Å². The van der Waals surface area contributed by atoms with Crippen LogP contribution >= 0.6 is 0 Å². The molecule has 1 aliphatic carbocycles. The molecule has 0 aliphatic heterocycles. The van der Waals surface area contributed by atoms with E-state index in [-0.39, 0.29) is 11.9 Å². The normalized spacial score (nSPS) is 15.8. The van der Waals surface area contributed by atoms with Gasteiger partial charge >= 0.3 is 0 Å². The second kappa shape index (κ2) is 6.45. The first-order valence-corrected chi connectivity index (χ1v) is 6.91. The Morgan fingerprint density at radius 2 is 2.32 bits per heavy atom. The second-order valence-electron chi connectivity index (χ2n) is 5.32. The third-order valence-corrected chi connectivity index (χ3v) is 3.25. The molecule has 1 aromatic carbocycles. The van der Waals surface area contributed by atoms with Crippen LogP contribution in [0.15, 0.2) is 24.3 Å². The van der Waals surface area contributed by atoms with E-state index in [4.69, 9.17) is 10.5 Å². The van der Waals surface area contributed by atoms with Crippen LogP contribution in [0.25, 0.3) is 0 Å². The Morgan fingerprint density at radius 1 is 1.53 bits per heavy atom. The standard InChI is InChI=1S/C15H22N2O2/c1-11(9-12-5-6-12)17-15(18)7-8-19-14-4-2-3-13(16)10-14/h2-4,10-12H,5-9,16H2,1H3,(H,17,18). The number of hydrogen-bond acceptors (Lipinski definition) is 3. The molecule has 1 amide bonds. The summed E-state index contributed by atoms with van der Waals surface area (Å²) in [4.78, 5) is 11.7. The number of nitrogens with two attached hydrogens (primary N) is 1. The summed E-state index contributed by atoms with van der Waals surface area (Å²) in [6.45, 7) is 2.44. The molecular formula is C15H22N2O2. The maximum atomic E-state index is 11.7. The molecule has 4 heteroatoms. The summed E-state index contributed by atoms with van der Waals surface area (Å²) in [6, 6.07) is 7.51. The van der Waals surface area contributed by atoms with Crippen LogP contribution in [-0.2, 0) is 4.79 Å². The number of rotatable bonds is 7. The molecule has 1 aromatic rings. The molecule has 0 aromatic heterocycles. The molecule has 1 atom stereocenters. The minimum absolute atomic E-state index is 0.0528. The van der Waals surface area contributed by atoms with Gasteiger partial charge in [-0.2, -0.15) is 0 Å². The molecule has 1 unspecified atom stereocenters. The molecule has 4 nitrogen and oxygen atoms in total. The average molecular weight is 262 g/mol. The van der Waals surface area contributed by atoms with Crippen molar-refractivity contribution in [1.82, 2.24) is 5.32 Å². The smallest absolute Gasteiger partial charge is 0.223 e. The molecule has 0 bridgehead atoms. The number of nitrogen functional groups attached to an aromatic ring is 1. The zero-order valence-electron chi connectivity index (χ0n) is 11.4. The second-order valence-corrected chi connectivity index (χ2v) is 5.32. The van der Waals surface area contributed by atoms with E-state index in [0.717, 1.165) is 12.3 Å². The summed E-state index contributed by atoms with van der Waals surface area (Å²) in [5.74, 6) is 1.59. The van der Waals surface area contributed by atoms with Crippen LogP contribution in [0.3, 0.4) is 0 Å². The van der Waals surface area contributed by atoms with Crippen molar-refractivity contribution in [2.45, 2.75) is 38.6 Å². The Kier molecular flexibility index (Phi) is 4.66. The molecule has 1 saturated carbocycles. The van der Waals surface area contributed by atoms with Crippen LogP contribution in [-0.4, -0.2) is 18.6 Å². The van der Waals surface area contributed by atoms with Crippen LogP contribution in [0.1, 0.15) is 32.6 Å². The van der Waals surface area contributed by atoms with E-state index in [0.29, 0.717) is 24.5 Å². The maximum Gasteiger partial charge on any atom is 0.223 e. The largest absolute Gasteiger partial charge is 0.493 e. The van der Waals surface area contributed by atoms with E-state index in [1.165, 1.54) is 12.8 Å². The number of anilines is 1. The highest BCUT2D eigenvalue weighted by Gasteiger charge is 2.24. The number of amides is 1. The van der Waals surface area contributed by atoms with Crippen molar-refractivity contribution < 1.29 is 9.53 Å². The first kappa shape index (κ1) is 13.7. The van der Waals surface area contributed by atoms with Crippen LogP contribution in [0.4, 0.5) is 5.69 Å². The fourth-order valence-electron chi connectivity index (χ4n) is 2.13. The van der Waals surface area contributed by atoms with Gasteiger partial charge in [0.2, 0.25) is 5.91 Å². The molecule has 0 spiro atoms. The van der Waals surface area contributed by atoms with Crippen LogP contribution in [0.2, 0.25) is 0 Å². The zero-order chi connectivity index (χ0) is 13.7. The summed E-state index contributed by atoms with van der Waals surface area (Å²) in [5.41, 5.74) is 6.32. The van der Waals surface area contributed by atoms with Crippen LogP contribution < -0.4 is 15.8 Å². The average Bonchev–Trinajstić information content (AvgIpc) is 3.12. The topological polar surface area (TPSA) is 64.3 Å². The molecule has 19 heavy (non-hydrogen) atoms. The van der Waals surface area contributed by atoms with Gasteiger partial charge in [-0.25, -0.2) is 0 Å². The summed E-state index contributed by atoms with van der Waals surface area (Å²) in [7, 11) is 0. The maximum absolute atomic E-state index is 11.7. The first-order valence-electron chi connectivity index (χ1n) is 6.91. The molecule has 3 N–H and O–H groups in total. The monoisotopic (exact) mass is 262 g/mol. The number of carbonyl (C=O) groups excluding carboxylic acids is 1. The number of carbonyl (C=O) groups is 1. The summed E-state index contributed by atoms with van der Waals surface area (Å²) < 4.78 is 5.49. The lowest BCUT2D eigenvalue weighted by Gasteiger charge is -2.13. The zero-order valence-corrected chi connectivity index (χ0v) is 11.4. The summed E-state index contributed by atoms with van der Waals surface area (Å²) >= 11 is 0. The SMILES string of the molecule is CC(CC1CC1)NC(=O)CCOc1cccc(N)c1. The van der Waals surface area contributed by atoms with Crippen molar-refractivity contribution in [3.63, 3.8) is 0 Å². The quantitative estimate of drug-likeness (QED) is 0.741. The van der Waals surface area contributed by atoms with E-state index in [1.807, 2.05) is 12.1 Å². The van der Waals surface area contributed by atoms with E-state index in [1.54, 1.807) is 12.1 Å². The molecule has 0 heterocycles. The number of nitrogens with one attached hydrogen (secondary N) is 1. The minimum Gasteiger partial charge on any atom is -0.493 e. The molecule has 2 rings (SSSR count). The predicted molar refractivity (Wildman–Crippen MR) is 75.9 cm³/mol. The lowest BCUT2D eigenvalue weighted by atomic mass is 10.1. The van der Waals surface area contributed by atoms with Crippen LogP contribution in [0, 0.1) is 5.92 Å². The van der Waals surface area contributed by atoms with E-state index in [2.05, 4.69) is 12.2 Å². The van der Waals surface area contributed by atoms with Crippen molar-refractivity contribution >= 4 is 11.6 Å². The Bertz CT molecular complexity index is 430. The molecule has 104 valence electrons. The Balaban J connectivity index is 1.63. The van der Waals surface area contributed by atoms with E-state index < -0.39 is 0 Å². The van der Waals surface area contributed by atoms with Gasteiger partial charge in [-0.1, -0.05) is 18.9 Å². The van der Waals surface area contributed by atoms with Gasteiger partial charge in [-0.05, 0) is 31.4 Å². The van der Waals surface area contributed by atoms with E-state index >= 15 is 0 Å². The first-order chi connectivity index (χ1) is 9.13. The lowest BCUT2D eigenvalue weighted by molar-refractivity contribution is -0.122. The van der Waals surface area contributed by atoms with E-state index in [9.17, 15) is 4.79 Å². The van der Waals surface area contributed by atoms with Crippen molar-refractivity contribution in [3.05, 3.63) is 24.3 Å². The summed E-state index contributed by atoms with van der Waals surface area (Å²) in [6.07, 6.45) is 4.11. The van der Waals surface area contributed by atoms with Gasteiger partial charge in [0.15, 0.2) is 0 Å². The molecule has 0 radical (unpaired) electrons. The number of hydrogen-bond donors (Lipinski definition) is 2. The fraction of sp³-hybridized carbons (Fsp3) is 0.533. The molecule has 1 aliphatic rings. The highest BCUT2D eigenvalue weighted by Crippen LogP contribution is 2.33. The van der Waals surface area contributed by atoms with Gasteiger partial charge in [0.05, 0.1) is 13.0 Å². The Labute approximate surface area is 114 Å². The molecule has 0 saturated heterocycles. The minimum atomic E-state index is 0.0528. The van der Waals surface area contributed by atoms with Gasteiger partial charge in [0.25, 0.3) is 0 Å². The Hall–Kier alpha value is -1.71. The third-order valence-electron chi connectivity index (χ3n) is 3.25. The van der Waals surface area contributed by atoms with Crippen molar-refractivity contribution in [2.75, 3.05) is 12.3 Å². The predicted octanol–water partition coefficient (Wildman–Crippen LogP) is 2.34. The van der Waals surface area contributed by atoms with Gasteiger partial charge in [0, 0.05) is 17.8 Å². The van der Waals surface area contributed by atoms with Crippen molar-refractivity contribution in [3.8, 4) is 5.75 Å². The summed E-state index contributed by atoms with van der Waals surface area (Å²) in [5, 5.41) is 3.01. The van der Waals surface area contributed by atoms with Gasteiger partial charge in [-0.3, -0.25) is 4.79 Å². The Morgan fingerprint density at radius 3 is 3.00 bits per heavy atom. The highest BCUT2D eigenvalue weighted by molar-refractivity contribution is 5.76. The fourth-order valence-corrected chi connectivity index (χ4v) is 2.13. The molecule has 1 fully saturated rings. The van der Waals surface area contributed by atoms with Gasteiger partial charge < -0.3 is 15.8 Å². The van der Waals surface area contributed by atoms with Crippen molar-refractivity contribution in [2.24, 2.45) is 5.92 Å². The number of ether oxygens (including phenoxy) is 1. The van der Waals surface area contributed by atoms with Gasteiger partial charge in [-0.15, -0.1) is 0 Å². The lowest BCUT2D eigenvalue weighted by Crippen LogP contribution is -2.33. The third kappa shape index (κ3) is 5.20. The van der Waals surface area contributed by atoms with Crippen LogP contribution in [0.5, 0.6) is 5.75 Å². The molecular weight excluding hydrogens is 240 g/mol. The number of benzene rings is 1. The highest BCUT2D eigenvalue weighted by atomic mass is 16.5. The van der Waals surface area contributed by atoms with Crippen molar-refractivity contribution in [1.29, 1.82) is 0 Å².